The second-order valence-electron chi connectivity index (χ2n) is 6.33. The Bertz CT molecular complexity index is 718. The fourth-order valence-corrected chi connectivity index (χ4v) is 2.95. The summed E-state index contributed by atoms with van der Waals surface area (Å²) in [5.74, 6) is 0.289. The summed E-state index contributed by atoms with van der Waals surface area (Å²) >= 11 is 11.2. The molecule has 0 atom stereocenters. The van der Waals surface area contributed by atoms with Gasteiger partial charge in [-0.2, -0.15) is 0 Å². The quantitative estimate of drug-likeness (QED) is 0.602. The zero-order chi connectivity index (χ0) is 17.9. The first kappa shape index (κ1) is 18.7. The molecule has 0 aromatic heterocycles. The Balaban J connectivity index is 2.26. The summed E-state index contributed by atoms with van der Waals surface area (Å²) in [6, 6.07) is 10.7. The molecule has 0 radical (unpaired) electrons. The Kier molecular flexibility index (Phi) is 6.19. The van der Waals surface area contributed by atoms with Crippen molar-refractivity contribution in [3.05, 3.63) is 58.4 Å². The molecule has 0 bridgehead atoms. The third kappa shape index (κ3) is 4.46. The molecule has 24 heavy (non-hydrogen) atoms. The van der Waals surface area contributed by atoms with E-state index in [1.54, 1.807) is 6.07 Å². The Morgan fingerprint density at radius 1 is 1.00 bits per heavy atom. The van der Waals surface area contributed by atoms with Crippen molar-refractivity contribution >= 4 is 40.3 Å². The number of thiocarbonyl (C=S) groups is 1. The second kappa shape index (κ2) is 7.95. The molecule has 2 N–H and O–H groups in total. The van der Waals surface area contributed by atoms with Crippen molar-refractivity contribution in [2.45, 2.75) is 39.5 Å². The largest absolute Gasteiger partial charge is 0.332 e. The van der Waals surface area contributed by atoms with Crippen molar-refractivity contribution in [1.29, 1.82) is 0 Å². The van der Waals surface area contributed by atoms with Gasteiger partial charge >= 0.3 is 0 Å². The van der Waals surface area contributed by atoms with E-state index in [0.717, 1.165) is 5.69 Å². The fourth-order valence-electron chi connectivity index (χ4n) is 2.55. The molecule has 5 heteroatoms. The average Bonchev–Trinajstić information content (AvgIpc) is 2.50. The van der Waals surface area contributed by atoms with Gasteiger partial charge in [-0.05, 0) is 53.4 Å². The molecule has 0 spiro atoms. The number of halogens is 2. The summed E-state index contributed by atoms with van der Waals surface area (Å²) in [6.45, 7) is 8.61. The molecule has 0 aliphatic carbocycles. The molecule has 0 heterocycles. The molecule has 2 aromatic rings. The molecule has 0 aliphatic rings. The number of para-hydroxylation sites is 1. The molecule has 128 valence electrons. The molecule has 2 aromatic carbocycles. The smallest absolute Gasteiger partial charge is 0.175 e. The third-order valence-electron chi connectivity index (χ3n) is 3.79. The van der Waals surface area contributed by atoms with E-state index in [0.29, 0.717) is 22.6 Å². The van der Waals surface area contributed by atoms with Gasteiger partial charge in [0.15, 0.2) is 5.11 Å². The van der Waals surface area contributed by atoms with Gasteiger partial charge in [0.1, 0.15) is 5.82 Å². The van der Waals surface area contributed by atoms with Gasteiger partial charge in [-0.25, -0.2) is 4.39 Å². The monoisotopic (exact) mass is 364 g/mol. The van der Waals surface area contributed by atoms with Gasteiger partial charge in [-0.3, -0.25) is 0 Å². The number of rotatable bonds is 4. The van der Waals surface area contributed by atoms with Gasteiger partial charge in [0.05, 0.1) is 5.02 Å². The van der Waals surface area contributed by atoms with Crippen molar-refractivity contribution < 1.29 is 4.39 Å². The van der Waals surface area contributed by atoms with E-state index in [-0.39, 0.29) is 5.02 Å². The summed E-state index contributed by atoms with van der Waals surface area (Å²) in [5, 5.41) is 6.88. The first-order valence-corrected chi connectivity index (χ1v) is 8.74. The molecule has 2 rings (SSSR count). The molecule has 0 aliphatic heterocycles. The second-order valence-corrected chi connectivity index (χ2v) is 7.14. The standard InChI is InChI=1S/C19H22ClFN2S/c1-11(2)14-6-5-7-15(12(3)4)18(14)23-19(24)22-13-8-9-17(21)16(20)10-13/h5-12H,1-4H3,(H2,22,23,24). The van der Waals surface area contributed by atoms with Crippen LogP contribution < -0.4 is 10.6 Å². The van der Waals surface area contributed by atoms with Crippen LogP contribution in [0.3, 0.4) is 0 Å². The van der Waals surface area contributed by atoms with E-state index in [4.69, 9.17) is 23.8 Å². The van der Waals surface area contributed by atoms with Crippen molar-refractivity contribution in [1.82, 2.24) is 0 Å². The topological polar surface area (TPSA) is 24.1 Å². The Labute approximate surface area is 153 Å². The molecular formula is C19H22ClFN2S. The maximum Gasteiger partial charge on any atom is 0.175 e. The van der Waals surface area contributed by atoms with Crippen LogP contribution in [0.1, 0.15) is 50.7 Å². The highest BCUT2D eigenvalue weighted by molar-refractivity contribution is 7.80. The minimum absolute atomic E-state index is 0.0632. The zero-order valence-corrected chi connectivity index (χ0v) is 15.9. The Hall–Kier alpha value is -1.65. The van der Waals surface area contributed by atoms with Crippen LogP contribution >= 0.6 is 23.8 Å². The van der Waals surface area contributed by atoms with Crippen molar-refractivity contribution in [2.75, 3.05) is 10.6 Å². The van der Waals surface area contributed by atoms with Gasteiger partial charge < -0.3 is 10.6 Å². The lowest BCUT2D eigenvalue weighted by Crippen LogP contribution is -2.21. The zero-order valence-electron chi connectivity index (χ0n) is 14.3. The minimum Gasteiger partial charge on any atom is -0.332 e. The van der Waals surface area contributed by atoms with Gasteiger partial charge in [0.2, 0.25) is 0 Å². The lowest BCUT2D eigenvalue weighted by molar-refractivity contribution is 0.628. The van der Waals surface area contributed by atoms with E-state index in [1.165, 1.54) is 23.3 Å². The van der Waals surface area contributed by atoms with Crippen molar-refractivity contribution in [2.24, 2.45) is 0 Å². The predicted molar refractivity (Wildman–Crippen MR) is 106 cm³/mol. The van der Waals surface area contributed by atoms with Crippen LogP contribution in [0.5, 0.6) is 0 Å². The Morgan fingerprint density at radius 3 is 2.08 bits per heavy atom. The van der Waals surface area contributed by atoms with Crippen LogP contribution in [0.25, 0.3) is 0 Å². The molecule has 0 saturated heterocycles. The number of hydrogen-bond acceptors (Lipinski definition) is 1. The van der Waals surface area contributed by atoms with E-state index in [2.05, 4.69) is 56.5 Å². The van der Waals surface area contributed by atoms with Gasteiger partial charge in [-0.15, -0.1) is 0 Å². The number of nitrogens with one attached hydrogen (secondary N) is 2. The van der Waals surface area contributed by atoms with Crippen molar-refractivity contribution in [3.63, 3.8) is 0 Å². The first-order valence-electron chi connectivity index (χ1n) is 7.95. The van der Waals surface area contributed by atoms with Gasteiger partial charge in [0.25, 0.3) is 0 Å². The maximum atomic E-state index is 13.3. The lowest BCUT2D eigenvalue weighted by atomic mass is 9.93. The molecule has 2 nitrogen and oxygen atoms in total. The summed E-state index contributed by atoms with van der Waals surface area (Å²) in [4.78, 5) is 0. The summed E-state index contributed by atoms with van der Waals surface area (Å²) in [6.07, 6.45) is 0. The normalized spacial score (nSPS) is 11.0. The molecule has 0 fully saturated rings. The van der Waals surface area contributed by atoms with E-state index < -0.39 is 5.82 Å². The van der Waals surface area contributed by atoms with Crippen LogP contribution in [0.15, 0.2) is 36.4 Å². The van der Waals surface area contributed by atoms with Crippen LogP contribution in [0.2, 0.25) is 5.02 Å². The highest BCUT2D eigenvalue weighted by Crippen LogP contribution is 2.32. The highest BCUT2D eigenvalue weighted by Gasteiger charge is 2.15. The SMILES string of the molecule is CC(C)c1cccc(C(C)C)c1NC(=S)Nc1ccc(F)c(Cl)c1. The number of benzene rings is 2. The van der Waals surface area contributed by atoms with Gasteiger partial charge in [-0.1, -0.05) is 57.5 Å². The van der Waals surface area contributed by atoms with E-state index in [9.17, 15) is 4.39 Å². The maximum absolute atomic E-state index is 13.3. The van der Waals surface area contributed by atoms with E-state index >= 15 is 0 Å². The molecule has 0 amide bonds. The molecule has 0 saturated carbocycles. The Morgan fingerprint density at radius 2 is 1.58 bits per heavy atom. The summed E-state index contributed by atoms with van der Waals surface area (Å²) in [5.41, 5.74) is 4.10. The van der Waals surface area contributed by atoms with Crippen LogP contribution in [-0.2, 0) is 0 Å². The van der Waals surface area contributed by atoms with Crippen molar-refractivity contribution in [3.8, 4) is 0 Å². The van der Waals surface area contributed by atoms with E-state index in [1.807, 2.05) is 0 Å². The third-order valence-corrected chi connectivity index (χ3v) is 4.28. The lowest BCUT2D eigenvalue weighted by Gasteiger charge is -2.21. The highest BCUT2D eigenvalue weighted by atomic mass is 35.5. The first-order chi connectivity index (χ1) is 11.3. The summed E-state index contributed by atoms with van der Waals surface area (Å²) in [7, 11) is 0. The van der Waals surface area contributed by atoms with Crippen LogP contribution in [0, 0.1) is 5.82 Å². The minimum atomic E-state index is -0.451. The molecule has 0 unspecified atom stereocenters. The summed E-state index contributed by atoms with van der Waals surface area (Å²) < 4.78 is 13.3. The number of anilines is 2. The van der Waals surface area contributed by atoms with Crippen LogP contribution in [-0.4, -0.2) is 5.11 Å². The number of hydrogen-bond donors (Lipinski definition) is 2. The fraction of sp³-hybridized carbons (Fsp3) is 0.316. The van der Waals surface area contributed by atoms with Crippen LogP contribution in [0.4, 0.5) is 15.8 Å². The average molecular weight is 365 g/mol. The molecular weight excluding hydrogens is 343 g/mol. The van der Waals surface area contributed by atoms with Gasteiger partial charge in [0, 0.05) is 11.4 Å². The predicted octanol–water partition coefficient (Wildman–Crippen LogP) is 6.53.